The fourth-order valence-corrected chi connectivity index (χ4v) is 3.31. The zero-order valence-corrected chi connectivity index (χ0v) is 13.0. The highest BCUT2D eigenvalue weighted by Crippen LogP contribution is 2.40. The summed E-state index contributed by atoms with van der Waals surface area (Å²) in [5, 5.41) is 0. The van der Waals surface area contributed by atoms with Crippen LogP contribution in [0.5, 0.6) is 5.75 Å². The summed E-state index contributed by atoms with van der Waals surface area (Å²) in [6.07, 6.45) is 2.97. The van der Waals surface area contributed by atoms with Crippen LogP contribution in [0.15, 0.2) is 35.3 Å². The highest BCUT2D eigenvalue weighted by Gasteiger charge is 2.41. The van der Waals surface area contributed by atoms with Crippen molar-refractivity contribution in [2.45, 2.75) is 12.8 Å². The Bertz CT molecular complexity index is 462. The van der Waals surface area contributed by atoms with Crippen LogP contribution < -0.4 is 4.74 Å². The normalized spacial score (nSPS) is 17.4. The van der Waals surface area contributed by atoms with E-state index in [9.17, 15) is 4.79 Å². The van der Waals surface area contributed by atoms with Crippen LogP contribution in [-0.2, 0) is 4.79 Å². The standard InChI is InChI=1S/C13H12BrIO2/c1-2-13(6-10(16)7-13)8-17-12-4-3-9(14)5-11(12)15/h2-5H,1,6-8H2. The number of ether oxygens (including phenoxy) is 1. The average Bonchev–Trinajstić information content (AvgIpc) is 2.24. The smallest absolute Gasteiger partial charge is 0.134 e. The van der Waals surface area contributed by atoms with Gasteiger partial charge in [-0.05, 0) is 40.8 Å². The fourth-order valence-electron chi connectivity index (χ4n) is 1.85. The predicted octanol–water partition coefficient (Wildman–Crippen LogP) is 3.97. The summed E-state index contributed by atoms with van der Waals surface area (Å²) in [6.45, 7) is 4.32. The second-order valence-electron chi connectivity index (χ2n) is 4.32. The van der Waals surface area contributed by atoms with Gasteiger partial charge in [0, 0.05) is 22.7 Å². The number of rotatable bonds is 4. The first-order valence-electron chi connectivity index (χ1n) is 5.28. The Hall–Kier alpha value is -0.360. The van der Waals surface area contributed by atoms with E-state index in [2.05, 4.69) is 45.1 Å². The second kappa shape index (κ2) is 5.10. The molecule has 0 atom stereocenters. The maximum atomic E-state index is 11.1. The number of Topliss-reactive ketones (excluding diaryl/α,β-unsaturated/α-hetero) is 1. The lowest BCUT2D eigenvalue weighted by atomic mass is 9.68. The molecule has 1 aliphatic rings. The molecular formula is C13H12BrIO2. The summed E-state index contributed by atoms with van der Waals surface area (Å²) in [7, 11) is 0. The zero-order chi connectivity index (χ0) is 12.5. The second-order valence-corrected chi connectivity index (χ2v) is 6.40. The molecule has 0 radical (unpaired) electrons. The van der Waals surface area contributed by atoms with Gasteiger partial charge in [0.25, 0.3) is 0 Å². The topological polar surface area (TPSA) is 26.3 Å². The number of carbonyl (C=O) groups excluding carboxylic acids is 1. The summed E-state index contributed by atoms with van der Waals surface area (Å²) in [5.74, 6) is 1.15. The third-order valence-electron chi connectivity index (χ3n) is 2.94. The van der Waals surface area contributed by atoms with Crippen molar-refractivity contribution in [1.29, 1.82) is 0 Å². The molecule has 0 aromatic heterocycles. The third kappa shape index (κ3) is 2.91. The van der Waals surface area contributed by atoms with Crippen molar-refractivity contribution >= 4 is 44.3 Å². The lowest BCUT2D eigenvalue weighted by Crippen LogP contribution is -2.40. The number of halogens is 2. The van der Waals surface area contributed by atoms with Gasteiger partial charge in [-0.1, -0.05) is 22.0 Å². The van der Waals surface area contributed by atoms with Gasteiger partial charge in [0.05, 0.1) is 10.2 Å². The summed E-state index contributed by atoms with van der Waals surface area (Å²) >= 11 is 5.65. The first kappa shape index (κ1) is 13.1. The molecule has 0 bridgehead atoms. The van der Waals surface area contributed by atoms with Crippen LogP contribution in [0.4, 0.5) is 0 Å². The first-order chi connectivity index (χ1) is 8.04. The van der Waals surface area contributed by atoms with Gasteiger partial charge in [-0.15, -0.1) is 6.58 Å². The molecule has 2 nitrogen and oxygen atoms in total. The van der Waals surface area contributed by atoms with Crippen LogP contribution in [-0.4, -0.2) is 12.4 Å². The van der Waals surface area contributed by atoms with Crippen LogP contribution in [0.25, 0.3) is 0 Å². The van der Waals surface area contributed by atoms with Crippen molar-refractivity contribution in [2.24, 2.45) is 5.41 Å². The van der Waals surface area contributed by atoms with Gasteiger partial charge in [0.2, 0.25) is 0 Å². The summed E-state index contributed by atoms with van der Waals surface area (Å²) in [4.78, 5) is 11.1. The van der Waals surface area contributed by atoms with Crippen molar-refractivity contribution < 1.29 is 9.53 Å². The monoisotopic (exact) mass is 406 g/mol. The summed E-state index contributed by atoms with van der Waals surface area (Å²) in [5.41, 5.74) is -0.146. The molecule has 4 heteroatoms. The van der Waals surface area contributed by atoms with Crippen molar-refractivity contribution in [3.05, 3.63) is 38.9 Å². The molecular weight excluding hydrogens is 395 g/mol. The van der Waals surface area contributed by atoms with E-state index < -0.39 is 0 Å². The van der Waals surface area contributed by atoms with Crippen molar-refractivity contribution in [2.75, 3.05) is 6.61 Å². The number of hydrogen-bond acceptors (Lipinski definition) is 2. The first-order valence-corrected chi connectivity index (χ1v) is 7.15. The number of carbonyl (C=O) groups is 1. The van der Waals surface area contributed by atoms with Gasteiger partial charge in [-0.2, -0.15) is 0 Å². The third-order valence-corrected chi connectivity index (χ3v) is 4.28. The molecule has 90 valence electrons. The minimum Gasteiger partial charge on any atom is -0.492 e. The lowest BCUT2D eigenvalue weighted by molar-refractivity contribution is -0.131. The number of benzene rings is 1. The molecule has 1 aromatic rings. The zero-order valence-electron chi connectivity index (χ0n) is 9.21. The van der Waals surface area contributed by atoms with Crippen molar-refractivity contribution in [3.63, 3.8) is 0 Å². The Morgan fingerprint density at radius 2 is 2.24 bits per heavy atom. The number of hydrogen-bond donors (Lipinski definition) is 0. The van der Waals surface area contributed by atoms with E-state index in [0.29, 0.717) is 25.2 Å². The molecule has 1 aromatic carbocycles. The molecule has 0 spiro atoms. The van der Waals surface area contributed by atoms with E-state index >= 15 is 0 Å². The Kier molecular flexibility index (Phi) is 3.92. The Balaban J connectivity index is 2.02. The molecule has 0 aliphatic heterocycles. The molecule has 0 saturated heterocycles. The van der Waals surface area contributed by atoms with Crippen LogP contribution in [0.2, 0.25) is 0 Å². The summed E-state index contributed by atoms with van der Waals surface area (Å²) < 4.78 is 7.88. The highest BCUT2D eigenvalue weighted by molar-refractivity contribution is 14.1. The largest absolute Gasteiger partial charge is 0.492 e. The SMILES string of the molecule is C=CC1(COc2ccc(Br)cc2I)CC(=O)C1. The molecule has 2 rings (SSSR count). The van der Waals surface area contributed by atoms with Gasteiger partial charge >= 0.3 is 0 Å². The van der Waals surface area contributed by atoms with Gasteiger partial charge in [-0.25, -0.2) is 0 Å². The Labute approximate surface area is 123 Å². The van der Waals surface area contributed by atoms with Crippen LogP contribution in [0.1, 0.15) is 12.8 Å². The minimum absolute atomic E-state index is 0.146. The van der Waals surface area contributed by atoms with E-state index in [1.165, 1.54) is 0 Å². The lowest BCUT2D eigenvalue weighted by Gasteiger charge is -2.37. The molecule has 0 unspecified atom stereocenters. The average molecular weight is 407 g/mol. The van der Waals surface area contributed by atoms with E-state index in [1.807, 2.05) is 24.3 Å². The van der Waals surface area contributed by atoms with Crippen LogP contribution >= 0.6 is 38.5 Å². The van der Waals surface area contributed by atoms with Gasteiger partial charge < -0.3 is 4.74 Å². The predicted molar refractivity (Wildman–Crippen MR) is 79.2 cm³/mol. The van der Waals surface area contributed by atoms with Crippen molar-refractivity contribution in [1.82, 2.24) is 0 Å². The van der Waals surface area contributed by atoms with Crippen molar-refractivity contribution in [3.8, 4) is 5.75 Å². The molecule has 0 heterocycles. The van der Waals surface area contributed by atoms with Crippen LogP contribution in [0, 0.1) is 8.99 Å². The maximum absolute atomic E-state index is 11.1. The maximum Gasteiger partial charge on any atom is 0.134 e. The quantitative estimate of drug-likeness (QED) is 0.558. The van der Waals surface area contributed by atoms with E-state index in [1.54, 1.807) is 0 Å². The Morgan fingerprint density at radius 1 is 1.53 bits per heavy atom. The van der Waals surface area contributed by atoms with Gasteiger partial charge in [0.1, 0.15) is 11.5 Å². The van der Waals surface area contributed by atoms with E-state index in [0.717, 1.165) is 13.8 Å². The highest BCUT2D eigenvalue weighted by atomic mass is 127. The summed E-state index contributed by atoms with van der Waals surface area (Å²) in [6, 6.07) is 5.88. The minimum atomic E-state index is -0.146. The molecule has 0 N–H and O–H groups in total. The van der Waals surface area contributed by atoms with E-state index in [-0.39, 0.29) is 5.41 Å². The van der Waals surface area contributed by atoms with Gasteiger partial charge in [-0.3, -0.25) is 4.79 Å². The molecule has 1 aliphatic carbocycles. The van der Waals surface area contributed by atoms with Crippen LogP contribution in [0.3, 0.4) is 0 Å². The van der Waals surface area contributed by atoms with Gasteiger partial charge in [0.15, 0.2) is 0 Å². The fraction of sp³-hybridized carbons (Fsp3) is 0.308. The van der Waals surface area contributed by atoms with E-state index in [4.69, 9.17) is 4.74 Å². The molecule has 1 fully saturated rings. The molecule has 17 heavy (non-hydrogen) atoms. The number of ketones is 1. The Morgan fingerprint density at radius 3 is 2.76 bits per heavy atom. The molecule has 1 saturated carbocycles. The molecule has 0 amide bonds.